The van der Waals surface area contributed by atoms with Gasteiger partial charge in [-0.05, 0) is 43.3 Å². The summed E-state index contributed by atoms with van der Waals surface area (Å²) >= 11 is 0. The number of rotatable bonds is 8. The lowest BCUT2D eigenvalue weighted by atomic mass is 9.82. The molecule has 2 aliphatic heterocycles. The maximum atomic E-state index is 16.1. The third kappa shape index (κ3) is 4.62. The minimum Gasteiger partial charge on any atom is -0.395 e. The standard InChI is InChI=1S/C32H35FN4O3Si/c1-22-30(41(2,3)33)29(18-19-36-20-27(34-35-36)25(21-38)23-12-6-4-7-13-23)40-32(22)26-16-10-11-17-28(26)37(31(32)39)24-14-8-5-9-15-24/h4-17,20,22,25,29-30,38H,18-19,21H2,1-3H3/t22-,25?,29+,30-,32+/m0/s1. The summed E-state index contributed by atoms with van der Waals surface area (Å²) in [6.45, 7) is 5.76. The zero-order valence-corrected chi connectivity index (χ0v) is 24.5. The smallest absolute Gasteiger partial charge is 0.268 e. The van der Waals surface area contributed by atoms with Crippen LogP contribution in [-0.4, -0.2) is 47.1 Å². The van der Waals surface area contributed by atoms with E-state index in [0.29, 0.717) is 18.7 Å². The minimum atomic E-state index is -3.27. The minimum absolute atomic E-state index is 0.0857. The van der Waals surface area contributed by atoms with Crippen molar-refractivity contribution in [1.82, 2.24) is 15.0 Å². The van der Waals surface area contributed by atoms with Gasteiger partial charge >= 0.3 is 0 Å². The molecule has 1 N–H and O–H groups in total. The maximum absolute atomic E-state index is 16.1. The second-order valence-electron chi connectivity index (χ2n) is 11.6. The van der Waals surface area contributed by atoms with Crippen LogP contribution in [0.25, 0.3) is 0 Å². The summed E-state index contributed by atoms with van der Waals surface area (Å²) in [6.07, 6.45) is 1.85. The number of para-hydroxylation sites is 2. The van der Waals surface area contributed by atoms with Crippen molar-refractivity contribution in [2.45, 2.75) is 56.1 Å². The second kappa shape index (κ2) is 10.6. The molecule has 1 amide bonds. The molecule has 212 valence electrons. The van der Waals surface area contributed by atoms with Gasteiger partial charge in [-0.1, -0.05) is 78.9 Å². The van der Waals surface area contributed by atoms with E-state index in [1.807, 2.05) is 98.0 Å². The van der Waals surface area contributed by atoms with Crippen molar-refractivity contribution in [2.24, 2.45) is 5.92 Å². The van der Waals surface area contributed by atoms with Gasteiger partial charge in [0, 0.05) is 35.5 Å². The highest BCUT2D eigenvalue weighted by Crippen LogP contribution is 2.61. The molecule has 2 aliphatic rings. The molecule has 7 nitrogen and oxygen atoms in total. The topological polar surface area (TPSA) is 80.5 Å². The van der Waals surface area contributed by atoms with Crippen LogP contribution in [0.1, 0.15) is 36.1 Å². The van der Waals surface area contributed by atoms with Crippen LogP contribution in [0.15, 0.2) is 91.1 Å². The number of aliphatic hydroxyl groups excluding tert-OH is 1. The molecule has 1 fully saturated rings. The van der Waals surface area contributed by atoms with Crippen molar-refractivity contribution < 1.29 is 18.7 Å². The van der Waals surface area contributed by atoms with Crippen LogP contribution in [0.5, 0.6) is 0 Å². The van der Waals surface area contributed by atoms with Crippen LogP contribution in [0.3, 0.4) is 0 Å². The summed E-state index contributed by atoms with van der Waals surface area (Å²) in [5, 5.41) is 18.7. The third-order valence-corrected chi connectivity index (χ3v) is 11.2. The quantitative estimate of drug-likeness (QED) is 0.209. The number of carbonyl (C=O) groups excluding carboxylic acids is 1. The van der Waals surface area contributed by atoms with E-state index in [1.54, 1.807) is 22.7 Å². The number of hydrogen-bond donors (Lipinski definition) is 1. The molecule has 3 aromatic carbocycles. The molecule has 1 unspecified atom stereocenters. The molecule has 1 aromatic heterocycles. The first kappa shape index (κ1) is 27.5. The molecule has 4 aromatic rings. The molecule has 1 spiro atoms. The van der Waals surface area contributed by atoms with E-state index >= 15 is 4.11 Å². The fraction of sp³-hybridized carbons (Fsp3) is 0.344. The number of aryl methyl sites for hydroxylation is 1. The molecule has 1 saturated heterocycles. The summed E-state index contributed by atoms with van der Waals surface area (Å²) in [7, 11) is -3.27. The second-order valence-corrected chi connectivity index (χ2v) is 15.4. The fourth-order valence-corrected chi connectivity index (χ4v) is 9.47. The zero-order chi connectivity index (χ0) is 28.8. The van der Waals surface area contributed by atoms with E-state index in [4.69, 9.17) is 4.74 Å². The number of benzene rings is 3. The van der Waals surface area contributed by atoms with Gasteiger partial charge in [0.1, 0.15) is 0 Å². The molecule has 9 heteroatoms. The van der Waals surface area contributed by atoms with Crippen molar-refractivity contribution in [3.8, 4) is 0 Å². The molecule has 0 aliphatic carbocycles. The number of halogens is 1. The Balaban J connectivity index is 1.30. The van der Waals surface area contributed by atoms with Crippen LogP contribution >= 0.6 is 0 Å². The number of amides is 1. The highest BCUT2D eigenvalue weighted by molar-refractivity contribution is 6.72. The average Bonchev–Trinajstić information content (AvgIpc) is 3.63. The van der Waals surface area contributed by atoms with Gasteiger partial charge in [-0.25, -0.2) is 0 Å². The van der Waals surface area contributed by atoms with Crippen molar-refractivity contribution >= 4 is 25.7 Å². The summed E-state index contributed by atoms with van der Waals surface area (Å²) in [6, 6.07) is 27.0. The van der Waals surface area contributed by atoms with Crippen molar-refractivity contribution in [3.63, 3.8) is 0 Å². The number of ether oxygens (including phenoxy) is 1. The SMILES string of the molecule is C[C@H]1[C@H]([Si](C)(C)F)[C@@H](CCn2cc(C(CO)c3ccccc3)nn2)O[C@]12C(=O)N(c1ccccc1)c1ccccc12. The number of aromatic nitrogens is 3. The fourth-order valence-electron chi connectivity index (χ4n) is 6.93. The van der Waals surface area contributed by atoms with Crippen LogP contribution in [0.4, 0.5) is 15.5 Å². The lowest BCUT2D eigenvalue weighted by Gasteiger charge is -2.31. The molecular weight excluding hydrogens is 535 g/mol. The lowest BCUT2D eigenvalue weighted by Crippen LogP contribution is -2.44. The predicted octanol–water partition coefficient (Wildman–Crippen LogP) is 5.95. The Kier molecular flexibility index (Phi) is 7.13. The normalized spacial score (nSPS) is 24.7. The summed E-state index contributed by atoms with van der Waals surface area (Å²) in [5.74, 6) is -0.804. The van der Waals surface area contributed by atoms with E-state index in [9.17, 15) is 9.90 Å². The number of carbonyl (C=O) groups is 1. The average molecular weight is 571 g/mol. The predicted molar refractivity (Wildman–Crippen MR) is 158 cm³/mol. The molecule has 41 heavy (non-hydrogen) atoms. The number of nitrogens with zero attached hydrogens (tertiary/aromatic N) is 4. The zero-order valence-electron chi connectivity index (χ0n) is 23.5. The summed E-state index contributed by atoms with van der Waals surface area (Å²) in [5.41, 5.74) is 2.32. The molecule has 0 saturated carbocycles. The Morgan fingerprint density at radius 1 is 1.02 bits per heavy atom. The van der Waals surface area contributed by atoms with E-state index in [-0.39, 0.29) is 24.3 Å². The van der Waals surface area contributed by atoms with E-state index in [0.717, 1.165) is 22.5 Å². The molecular formula is C32H35FN4O3Si. The van der Waals surface area contributed by atoms with Crippen LogP contribution < -0.4 is 4.90 Å². The summed E-state index contributed by atoms with van der Waals surface area (Å²) < 4.78 is 24.6. The van der Waals surface area contributed by atoms with Crippen LogP contribution in [-0.2, 0) is 21.7 Å². The van der Waals surface area contributed by atoms with E-state index < -0.39 is 25.7 Å². The Hall–Kier alpha value is -3.66. The van der Waals surface area contributed by atoms with Gasteiger partial charge in [-0.3, -0.25) is 14.4 Å². The number of fused-ring (bicyclic) bond motifs is 2. The Morgan fingerprint density at radius 3 is 2.37 bits per heavy atom. The first-order chi connectivity index (χ1) is 19.8. The van der Waals surface area contributed by atoms with Crippen molar-refractivity contribution in [2.75, 3.05) is 11.5 Å². The van der Waals surface area contributed by atoms with Crippen LogP contribution in [0.2, 0.25) is 18.6 Å². The van der Waals surface area contributed by atoms with Crippen molar-refractivity contribution in [1.29, 1.82) is 0 Å². The lowest BCUT2D eigenvalue weighted by molar-refractivity contribution is -0.145. The molecule has 3 heterocycles. The number of aliphatic hydroxyl groups is 1. The highest BCUT2D eigenvalue weighted by Gasteiger charge is 2.66. The van der Waals surface area contributed by atoms with Gasteiger partial charge in [-0.2, -0.15) is 0 Å². The Bertz CT molecular complexity index is 1530. The van der Waals surface area contributed by atoms with Gasteiger partial charge in [0.05, 0.1) is 30.0 Å². The largest absolute Gasteiger partial charge is 0.395 e. The molecule has 0 bridgehead atoms. The Labute approximate surface area is 240 Å². The van der Waals surface area contributed by atoms with Gasteiger partial charge in [0.2, 0.25) is 8.41 Å². The third-order valence-electron chi connectivity index (χ3n) is 8.73. The van der Waals surface area contributed by atoms with Crippen molar-refractivity contribution in [3.05, 3.63) is 108 Å². The van der Waals surface area contributed by atoms with Gasteiger partial charge in [0.25, 0.3) is 5.91 Å². The van der Waals surface area contributed by atoms with Gasteiger partial charge in [0.15, 0.2) is 5.60 Å². The maximum Gasteiger partial charge on any atom is 0.268 e. The Morgan fingerprint density at radius 2 is 1.68 bits per heavy atom. The van der Waals surface area contributed by atoms with Gasteiger partial charge in [-0.15, -0.1) is 5.10 Å². The molecule has 0 radical (unpaired) electrons. The number of hydrogen-bond acceptors (Lipinski definition) is 5. The summed E-state index contributed by atoms with van der Waals surface area (Å²) in [4.78, 5) is 16.1. The molecule has 6 rings (SSSR count). The monoisotopic (exact) mass is 570 g/mol. The highest BCUT2D eigenvalue weighted by atomic mass is 28.4. The van der Waals surface area contributed by atoms with Crippen LogP contribution in [0, 0.1) is 5.92 Å². The molecule has 5 atom stereocenters. The van der Waals surface area contributed by atoms with E-state index in [2.05, 4.69) is 10.3 Å². The number of anilines is 2. The van der Waals surface area contributed by atoms with Gasteiger partial charge < -0.3 is 14.0 Å². The first-order valence-electron chi connectivity index (χ1n) is 14.2. The van der Waals surface area contributed by atoms with E-state index in [1.165, 1.54) is 0 Å². The first-order valence-corrected chi connectivity index (χ1v) is 17.1.